The van der Waals surface area contributed by atoms with Crippen molar-refractivity contribution in [2.24, 2.45) is 12.5 Å². The van der Waals surface area contributed by atoms with Crippen LogP contribution in [0.4, 0.5) is 0 Å². The van der Waals surface area contributed by atoms with Gasteiger partial charge in [-0.2, -0.15) is 5.26 Å². The summed E-state index contributed by atoms with van der Waals surface area (Å²) in [5.41, 5.74) is 3.37. The predicted octanol–water partition coefficient (Wildman–Crippen LogP) is 2.04. The maximum atomic E-state index is 12.0. The van der Waals surface area contributed by atoms with Crippen molar-refractivity contribution in [1.29, 1.82) is 5.26 Å². The monoisotopic (exact) mass is 314 g/mol. The van der Waals surface area contributed by atoms with Gasteiger partial charge in [0.05, 0.1) is 0 Å². The Morgan fingerprint density at radius 2 is 2.04 bits per heavy atom. The lowest BCUT2D eigenvalue weighted by Crippen LogP contribution is -2.41. The van der Waals surface area contributed by atoms with Crippen molar-refractivity contribution >= 4 is 5.91 Å². The number of hydrogen-bond donors (Lipinski definition) is 0. The van der Waals surface area contributed by atoms with Crippen LogP contribution in [0.15, 0.2) is 6.07 Å². The average Bonchev–Trinajstić information content (AvgIpc) is 3.01. The van der Waals surface area contributed by atoms with Crippen molar-refractivity contribution in [3.05, 3.63) is 23.0 Å². The van der Waals surface area contributed by atoms with Crippen LogP contribution in [0.2, 0.25) is 0 Å². The normalized spacial score (nSPS) is 21.1. The Bertz CT molecular complexity index is 647. The van der Waals surface area contributed by atoms with Crippen LogP contribution in [0, 0.1) is 23.7 Å². The van der Waals surface area contributed by atoms with E-state index >= 15 is 0 Å². The Morgan fingerprint density at radius 3 is 2.57 bits per heavy atom. The first-order valence-electron chi connectivity index (χ1n) is 8.53. The molecule has 0 bridgehead atoms. The summed E-state index contributed by atoms with van der Waals surface area (Å²) in [6.45, 7) is 8.92. The number of carbonyl (C=O) groups is 1. The highest BCUT2D eigenvalue weighted by atomic mass is 16.2. The molecule has 0 unspecified atom stereocenters. The third kappa shape index (κ3) is 2.88. The first kappa shape index (κ1) is 16.1. The van der Waals surface area contributed by atoms with E-state index in [0.717, 1.165) is 57.7 Å². The van der Waals surface area contributed by atoms with E-state index in [1.54, 1.807) is 0 Å². The maximum absolute atomic E-state index is 12.0. The van der Waals surface area contributed by atoms with E-state index < -0.39 is 0 Å². The Kier molecular flexibility index (Phi) is 4.20. The molecule has 1 aromatic heterocycles. The molecule has 3 rings (SSSR count). The van der Waals surface area contributed by atoms with Crippen molar-refractivity contribution in [2.45, 2.75) is 39.7 Å². The van der Waals surface area contributed by atoms with Crippen molar-refractivity contribution < 1.29 is 4.79 Å². The summed E-state index contributed by atoms with van der Waals surface area (Å²) >= 11 is 0. The largest absolute Gasteiger partial charge is 0.342 e. The zero-order chi connectivity index (χ0) is 16.6. The smallest absolute Gasteiger partial charge is 0.223 e. The molecule has 5 heteroatoms. The lowest BCUT2D eigenvalue weighted by Gasteiger charge is -2.38. The van der Waals surface area contributed by atoms with Gasteiger partial charge in [-0.25, -0.2) is 0 Å². The quantitative estimate of drug-likeness (QED) is 0.858. The van der Waals surface area contributed by atoms with Crippen LogP contribution >= 0.6 is 0 Å². The third-order valence-corrected chi connectivity index (χ3v) is 5.85. The minimum absolute atomic E-state index is 0.215. The third-order valence-electron chi connectivity index (χ3n) is 5.85. The van der Waals surface area contributed by atoms with Gasteiger partial charge >= 0.3 is 0 Å². The maximum Gasteiger partial charge on any atom is 0.223 e. The van der Waals surface area contributed by atoms with Gasteiger partial charge in [0.25, 0.3) is 0 Å². The fourth-order valence-electron chi connectivity index (χ4n) is 4.06. The SMILES string of the molecule is CCN1CC2(CCN(Cc3cc(C#N)n(C)c3C)CC2)CC1=O. The fourth-order valence-corrected chi connectivity index (χ4v) is 4.06. The molecular formula is C18H26N4O. The van der Waals surface area contributed by atoms with E-state index in [0.29, 0.717) is 5.91 Å². The highest BCUT2D eigenvalue weighted by Gasteiger charge is 2.44. The molecule has 124 valence electrons. The molecule has 0 atom stereocenters. The van der Waals surface area contributed by atoms with E-state index in [1.165, 1.54) is 11.3 Å². The standard InChI is InChI=1S/C18H26N4O/c1-4-22-13-18(10-17(22)23)5-7-21(8-6-18)12-15-9-16(11-19)20(3)14(15)2/h9H,4-8,10,12-13H2,1-3H3. The first-order valence-corrected chi connectivity index (χ1v) is 8.53. The Hall–Kier alpha value is -1.80. The number of nitrogens with zero attached hydrogens (tertiary/aromatic N) is 4. The molecule has 0 aromatic carbocycles. The average molecular weight is 314 g/mol. The van der Waals surface area contributed by atoms with Gasteiger partial charge in [-0.05, 0) is 56.8 Å². The number of hydrogen-bond acceptors (Lipinski definition) is 3. The van der Waals surface area contributed by atoms with E-state index in [9.17, 15) is 4.79 Å². The molecule has 0 saturated carbocycles. The summed E-state index contributed by atoms with van der Waals surface area (Å²) in [4.78, 5) is 16.5. The molecule has 0 radical (unpaired) electrons. The lowest BCUT2D eigenvalue weighted by atomic mass is 9.77. The van der Waals surface area contributed by atoms with Crippen LogP contribution in [-0.2, 0) is 18.4 Å². The number of piperidine rings is 1. The van der Waals surface area contributed by atoms with Gasteiger partial charge < -0.3 is 9.47 Å². The minimum Gasteiger partial charge on any atom is -0.342 e. The molecule has 1 aromatic rings. The Morgan fingerprint density at radius 1 is 1.35 bits per heavy atom. The van der Waals surface area contributed by atoms with Crippen molar-refractivity contribution in [3.8, 4) is 6.07 Å². The van der Waals surface area contributed by atoms with Gasteiger partial charge in [0.1, 0.15) is 11.8 Å². The highest BCUT2D eigenvalue weighted by Crippen LogP contribution is 2.41. The zero-order valence-electron chi connectivity index (χ0n) is 14.4. The minimum atomic E-state index is 0.215. The summed E-state index contributed by atoms with van der Waals surface area (Å²) in [7, 11) is 1.95. The Labute approximate surface area is 138 Å². The summed E-state index contributed by atoms with van der Waals surface area (Å²) < 4.78 is 1.97. The number of nitriles is 1. The summed E-state index contributed by atoms with van der Waals surface area (Å²) in [5.74, 6) is 0.332. The molecule has 1 spiro atoms. The topological polar surface area (TPSA) is 52.3 Å². The number of aromatic nitrogens is 1. The van der Waals surface area contributed by atoms with Crippen LogP contribution < -0.4 is 0 Å². The van der Waals surface area contributed by atoms with E-state index in [4.69, 9.17) is 5.26 Å². The first-order chi connectivity index (χ1) is 11.0. The van der Waals surface area contributed by atoms with Crippen molar-refractivity contribution in [3.63, 3.8) is 0 Å². The molecule has 23 heavy (non-hydrogen) atoms. The summed E-state index contributed by atoms with van der Waals surface area (Å²) in [6.07, 6.45) is 2.94. The van der Waals surface area contributed by atoms with Gasteiger partial charge in [0.2, 0.25) is 5.91 Å². The molecule has 2 fully saturated rings. The lowest BCUT2D eigenvalue weighted by molar-refractivity contribution is -0.127. The fraction of sp³-hybridized carbons (Fsp3) is 0.667. The van der Waals surface area contributed by atoms with Crippen molar-refractivity contribution in [2.75, 3.05) is 26.2 Å². The van der Waals surface area contributed by atoms with Crippen molar-refractivity contribution in [1.82, 2.24) is 14.4 Å². The van der Waals surface area contributed by atoms with Gasteiger partial charge in [0.15, 0.2) is 0 Å². The molecule has 2 aliphatic heterocycles. The van der Waals surface area contributed by atoms with E-state index in [1.807, 2.05) is 22.6 Å². The van der Waals surface area contributed by atoms with Crippen LogP contribution in [0.25, 0.3) is 0 Å². The van der Waals surface area contributed by atoms with Gasteiger partial charge in [-0.15, -0.1) is 0 Å². The number of amides is 1. The van der Waals surface area contributed by atoms with E-state index in [-0.39, 0.29) is 5.41 Å². The summed E-state index contributed by atoms with van der Waals surface area (Å²) in [6, 6.07) is 4.26. The predicted molar refractivity (Wildman–Crippen MR) is 88.7 cm³/mol. The molecule has 2 aliphatic rings. The molecule has 1 amide bonds. The summed E-state index contributed by atoms with van der Waals surface area (Å²) in [5, 5.41) is 9.15. The number of likely N-dealkylation sites (tertiary alicyclic amines) is 2. The molecular weight excluding hydrogens is 288 g/mol. The van der Waals surface area contributed by atoms with Crippen LogP contribution in [0.5, 0.6) is 0 Å². The number of carbonyl (C=O) groups excluding carboxylic acids is 1. The molecule has 3 heterocycles. The van der Waals surface area contributed by atoms with Crippen LogP contribution in [-0.4, -0.2) is 46.5 Å². The molecule has 5 nitrogen and oxygen atoms in total. The Balaban J connectivity index is 1.62. The zero-order valence-corrected chi connectivity index (χ0v) is 14.4. The number of rotatable bonds is 3. The second kappa shape index (κ2) is 6.01. The molecule has 0 aliphatic carbocycles. The van der Waals surface area contributed by atoms with Crippen LogP contribution in [0.3, 0.4) is 0 Å². The molecule has 2 saturated heterocycles. The molecule has 0 N–H and O–H groups in total. The highest BCUT2D eigenvalue weighted by molar-refractivity contribution is 5.79. The van der Waals surface area contributed by atoms with E-state index in [2.05, 4.69) is 24.8 Å². The van der Waals surface area contributed by atoms with Gasteiger partial charge in [-0.3, -0.25) is 9.69 Å². The second-order valence-electron chi connectivity index (χ2n) is 7.17. The van der Waals surface area contributed by atoms with Crippen LogP contribution in [0.1, 0.15) is 43.1 Å². The van der Waals surface area contributed by atoms with Gasteiger partial charge in [0, 0.05) is 38.8 Å². The second-order valence-corrected chi connectivity index (χ2v) is 7.17. The van der Waals surface area contributed by atoms with Gasteiger partial charge in [-0.1, -0.05) is 0 Å².